The highest BCUT2D eigenvalue weighted by Gasteiger charge is 2.37. The lowest BCUT2D eigenvalue weighted by Crippen LogP contribution is -2.18. The molecule has 0 rings (SSSR count). The van der Waals surface area contributed by atoms with Gasteiger partial charge in [0.25, 0.3) is 0 Å². The number of hydrogen-bond acceptors (Lipinski definition) is 2. The minimum Gasteiger partial charge on any atom is -0.427 e. The molecule has 32 heavy (non-hydrogen) atoms. The second-order valence-electron chi connectivity index (χ2n) is 10.2. The molecule has 0 heterocycles. The maximum Gasteiger partial charge on any atom is 0.336 e. The number of esters is 1. The Kier molecular flexibility index (Phi) is 22.2. The quantitative estimate of drug-likeness (QED) is 0.0608. The Morgan fingerprint density at radius 2 is 0.906 bits per heavy atom. The highest BCUT2D eigenvalue weighted by molar-refractivity contribution is 7.75. The van der Waals surface area contributed by atoms with Gasteiger partial charge in [0.2, 0.25) is 0 Å². The van der Waals surface area contributed by atoms with Crippen LogP contribution in [0.5, 0.6) is 0 Å². The van der Waals surface area contributed by atoms with Gasteiger partial charge in [-0.25, -0.2) is 4.79 Å². The summed E-state index contributed by atoms with van der Waals surface area (Å²) in [7, 11) is -1.24. The van der Waals surface area contributed by atoms with Gasteiger partial charge < -0.3 is 4.74 Å². The molecule has 190 valence electrons. The van der Waals surface area contributed by atoms with Crippen LogP contribution in [-0.4, -0.2) is 30.8 Å². The average Bonchev–Trinajstić information content (AvgIpc) is 2.78. The van der Waals surface area contributed by atoms with E-state index in [1.54, 1.807) is 6.92 Å². The van der Waals surface area contributed by atoms with Crippen LogP contribution in [0, 0.1) is 0 Å². The summed E-state index contributed by atoms with van der Waals surface area (Å²) in [5.41, 5.74) is 0.543. The van der Waals surface area contributed by atoms with E-state index in [1.807, 2.05) is 0 Å². The highest BCUT2D eigenvalue weighted by Crippen LogP contribution is 2.61. The summed E-state index contributed by atoms with van der Waals surface area (Å²) in [6.07, 6.45) is 29.0. The number of unbranched alkanes of at least 4 members (excludes halogenated alkanes) is 15. The second-order valence-corrected chi connectivity index (χ2v) is 14.4. The lowest BCUT2D eigenvalue weighted by atomic mass is 10.1. The molecule has 0 aromatic rings. The van der Waals surface area contributed by atoms with Crippen molar-refractivity contribution >= 4 is 13.2 Å². The van der Waals surface area contributed by atoms with E-state index in [9.17, 15) is 4.79 Å². The number of carbonyl (C=O) groups is 1. The third kappa shape index (κ3) is 18.1. The Morgan fingerprint density at radius 1 is 0.594 bits per heavy atom. The lowest BCUT2D eigenvalue weighted by molar-refractivity contribution is -0.136. The Balaban J connectivity index is 4.91. The molecule has 0 fully saturated rings. The van der Waals surface area contributed by atoms with Gasteiger partial charge in [0.05, 0.1) is 25.7 Å². The second kappa shape index (κ2) is 22.4. The molecular weight excluding hydrogens is 411 g/mol. The summed E-state index contributed by atoms with van der Waals surface area (Å²) >= 11 is 0. The lowest BCUT2D eigenvalue weighted by Gasteiger charge is -2.27. The largest absolute Gasteiger partial charge is 0.427 e. The van der Waals surface area contributed by atoms with Gasteiger partial charge >= 0.3 is 5.97 Å². The Labute approximate surface area is 203 Å². The first-order valence-corrected chi connectivity index (χ1v) is 16.7. The van der Waals surface area contributed by atoms with Crippen molar-refractivity contribution in [1.29, 1.82) is 0 Å². The van der Waals surface area contributed by atoms with Crippen LogP contribution in [0.25, 0.3) is 0 Å². The fourth-order valence-corrected chi connectivity index (χ4v) is 8.66. The molecule has 0 saturated carbocycles. The molecular formula is C29H58O2P+. The normalized spacial score (nSPS) is 11.6. The van der Waals surface area contributed by atoms with E-state index < -0.39 is 7.26 Å². The van der Waals surface area contributed by atoms with Crippen molar-refractivity contribution in [2.24, 2.45) is 0 Å². The van der Waals surface area contributed by atoms with E-state index >= 15 is 0 Å². The van der Waals surface area contributed by atoms with Gasteiger partial charge in [0.15, 0.2) is 6.35 Å². The predicted molar refractivity (Wildman–Crippen MR) is 147 cm³/mol. The van der Waals surface area contributed by atoms with E-state index in [2.05, 4.69) is 27.4 Å². The van der Waals surface area contributed by atoms with Crippen LogP contribution < -0.4 is 0 Å². The minimum atomic E-state index is -1.24. The first-order valence-electron chi connectivity index (χ1n) is 14.2. The zero-order chi connectivity index (χ0) is 23.9. The maximum absolute atomic E-state index is 12.2. The molecule has 0 aliphatic heterocycles. The molecule has 0 aromatic carbocycles. The van der Waals surface area contributed by atoms with E-state index in [-0.39, 0.29) is 5.97 Å². The maximum atomic E-state index is 12.2. The Bertz CT molecular complexity index is 406. The SMILES string of the molecule is C=C(C)C(=O)OC[P+](CCCCCCCC)(CCCCCCCC)CCCCCCCC. The zero-order valence-corrected chi connectivity index (χ0v) is 23.4. The molecule has 0 aliphatic carbocycles. The summed E-state index contributed by atoms with van der Waals surface area (Å²) in [5, 5.41) is 0. The summed E-state index contributed by atoms with van der Waals surface area (Å²) in [4.78, 5) is 12.2. The van der Waals surface area contributed by atoms with E-state index in [0.717, 1.165) is 0 Å². The van der Waals surface area contributed by atoms with Crippen molar-refractivity contribution in [2.75, 3.05) is 24.8 Å². The summed E-state index contributed by atoms with van der Waals surface area (Å²) in [6.45, 7) is 12.4. The van der Waals surface area contributed by atoms with Gasteiger partial charge in [0.1, 0.15) is 0 Å². The number of hydrogen-bond donors (Lipinski definition) is 0. The van der Waals surface area contributed by atoms with E-state index in [0.29, 0.717) is 11.9 Å². The minimum absolute atomic E-state index is 0.178. The van der Waals surface area contributed by atoms with Crippen molar-refractivity contribution in [3.8, 4) is 0 Å². The van der Waals surface area contributed by atoms with Crippen LogP contribution in [0.4, 0.5) is 0 Å². The average molecular weight is 470 g/mol. The molecule has 0 atom stereocenters. The summed E-state index contributed by atoms with van der Waals surface area (Å²) < 4.78 is 5.87. The van der Waals surface area contributed by atoms with E-state index in [1.165, 1.54) is 134 Å². The van der Waals surface area contributed by atoms with Gasteiger partial charge in [-0.1, -0.05) is 104 Å². The van der Waals surface area contributed by atoms with Crippen LogP contribution >= 0.6 is 7.26 Å². The monoisotopic (exact) mass is 469 g/mol. The summed E-state index contributed by atoms with van der Waals surface area (Å²) in [6, 6.07) is 0. The van der Waals surface area contributed by atoms with Crippen molar-refractivity contribution in [2.45, 2.75) is 143 Å². The van der Waals surface area contributed by atoms with Gasteiger partial charge in [-0.2, -0.15) is 0 Å². The molecule has 0 radical (unpaired) electrons. The molecule has 0 N–H and O–H groups in total. The van der Waals surface area contributed by atoms with Gasteiger partial charge in [0, 0.05) is 5.57 Å². The topological polar surface area (TPSA) is 26.3 Å². The van der Waals surface area contributed by atoms with Crippen molar-refractivity contribution < 1.29 is 9.53 Å². The van der Waals surface area contributed by atoms with Crippen molar-refractivity contribution in [1.82, 2.24) is 0 Å². The molecule has 0 aliphatic rings. The fourth-order valence-electron chi connectivity index (χ4n) is 4.53. The van der Waals surface area contributed by atoms with Gasteiger partial charge in [-0.3, -0.25) is 0 Å². The third-order valence-electron chi connectivity index (χ3n) is 6.78. The van der Waals surface area contributed by atoms with Crippen LogP contribution in [0.2, 0.25) is 0 Å². The number of carbonyl (C=O) groups excluding carboxylic acids is 1. The van der Waals surface area contributed by atoms with Gasteiger partial charge in [-0.05, 0) is 45.4 Å². The zero-order valence-electron chi connectivity index (χ0n) is 22.5. The Morgan fingerprint density at radius 3 is 1.22 bits per heavy atom. The highest BCUT2D eigenvalue weighted by atomic mass is 31.2. The smallest absolute Gasteiger partial charge is 0.336 e. The van der Waals surface area contributed by atoms with Gasteiger partial charge in [-0.15, -0.1) is 0 Å². The fraction of sp³-hybridized carbons (Fsp3) is 0.897. The molecule has 0 saturated heterocycles. The molecule has 0 bridgehead atoms. The number of rotatable bonds is 24. The number of ether oxygens (including phenoxy) is 1. The molecule has 3 heteroatoms. The third-order valence-corrected chi connectivity index (χ3v) is 11.2. The molecule has 0 aromatic heterocycles. The van der Waals surface area contributed by atoms with Crippen molar-refractivity contribution in [3.63, 3.8) is 0 Å². The van der Waals surface area contributed by atoms with Crippen LogP contribution in [-0.2, 0) is 9.53 Å². The van der Waals surface area contributed by atoms with E-state index in [4.69, 9.17) is 4.74 Å². The first kappa shape index (κ1) is 31.6. The summed E-state index contributed by atoms with van der Waals surface area (Å²) in [5.74, 6) is -0.178. The van der Waals surface area contributed by atoms with Crippen LogP contribution in [0.1, 0.15) is 143 Å². The molecule has 0 amide bonds. The standard InChI is InChI=1S/C29H58O2P/c1-6-9-12-15-18-21-24-32(27-31-29(30)28(4)5,25-22-19-16-13-10-7-2)26-23-20-17-14-11-8-3/h4,6-27H2,1-3,5H3/q+1. The van der Waals surface area contributed by atoms with Crippen molar-refractivity contribution in [3.05, 3.63) is 12.2 Å². The molecule has 0 unspecified atom stereocenters. The predicted octanol–water partition coefficient (Wildman–Crippen LogP) is 10.2. The van der Waals surface area contributed by atoms with Crippen LogP contribution in [0.3, 0.4) is 0 Å². The van der Waals surface area contributed by atoms with Crippen LogP contribution in [0.15, 0.2) is 12.2 Å². The molecule has 0 spiro atoms. The molecule has 2 nitrogen and oxygen atoms in total. The first-order chi connectivity index (χ1) is 15.5. The Hall–Kier alpha value is -0.360.